The lowest BCUT2D eigenvalue weighted by molar-refractivity contribution is 0.0954. The summed E-state index contributed by atoms with van der Waals surface area (Å²) in [5, 5.41) is 4.09. The highest BCUT2D eigenvalue weighted by atomic mass is 32.1. The van der Waals surface area contributed by atoms with Crippen molar-refractivity contribution in [2.75, 3.05) is 0 Å². The highest BCUT2D eigenvalue weighted by Crippen LogP contribution is 2.16. The molecule has 1 N–H and O–H groups in total. The van der Waals surface area contributed by atoms with E-state index in [4.69, 9.17) is 0 Å². The molecule has 0 bridgehead atoms. The predicted molar refractivity (Wildman–Crippen MR) is 95.5 cm³/mol. The SMILES string of the molecule is C/C(CCn1c(=O)sc2ccccc21)=N\NC(=O)c1ccncc1. The number of pyridine rings is 1. The average Bonchev–Trinajstić information content (AvgIpc) is 2.93. The third-order valence-electron chi connectivity index (χ3n) is 3.56. The minimum atomic E-state index is -0.282. The van der Waals surface area contributed by atoms with E-state index < -0.39 is 0 Å². The number of carbonyl (C=O) groups excluding carboxylic acids is 1. The van der Waals surface area contributed by atoms with Gasteiger partial charge in [-0.3, -0.25) is 19.1 Å². The maximum absolute atomic E-state index is 12.1. The zero-order chi connectivity index (χ0) is 16.9. The molecule has 1 amide bonds. The first-order valence-corrected chi connectivity index (χ1v) is 8.28. The van der Waals surface area contributed by atoms with Gasteiger partial charge in [0.25, 0.3) is 5.91 Å². The maximum Gasteiger partial charge on any atom is 0.308 e. The highest BCUT2D eigenvalue weighted by Gasteiger charge is 2.07. The molecule has 6 nitrogen and oxygen atoms in total. The normalized spacial score (nSPS) is 11.6. The molecule has 3 rings (SSSR count). The van der Waals surface area contributed by atoms with Gasteiger partial charge in [0.05, 0.1) is 10.2 Å². The minimum Gasteiger partial charge on any atom is -0.298 e. The smallest absolute Gasteiger partial charge is 0.298 e. The zero-order valence-corrected chi connectivity index (χ0v) is 13.9. The van der Waals surface area contributed by atoms with E-state index >= 15 is 0 Å². The molecule has 24 heavy (non-hydrogen) atoms. The monoisotopic (exact) mass is 340 g/mol. The molecule has 0 atom stereocenters. The summed E-state index contributed by atoms with van der Waals surface area (Å²) >= 11 is 1.24. The molecule has 0 unspecified atom stereocenters. The molecule has 0 saturated heterocycles. The van der Waals surface area contributed by atoms with E-state index in [0.29, 0.717) is 18.5 Å². The van der Waals surface area contributed by atoms with Crippen LogP contribution in [0.2, 0.25) is 0 Å². The number of rotatable bonds is 5. The lowest BCUT2D eigenvalue weighted by Crippen LogP contribution is -2.20. The molecule has 0 aliphatic heterocycles. The molecule has 2 heterocycles. The third kappa shape index (κ3) is 3.57. The van der Waals surface area contributed by atoms with Gasteiger partial charge in [-0.05, 0) is 31.2 Å². The maximum atomic E-state index is 12.1. The summed E-state index contributed by atoms with van der Waals surface area (Å²) in [6.07, 6.45) is 3.69. The molecule has 0 saturated carbocycles. The lowest BCUT2D eigenvalue weighted by atomic mass is 10.2. The van der Waals surface area contributed by atoms with Gasteiger partial charge in [-0.25, -0.2) is 5.43 Å². The van der Waals surface area contributed by atoms with Gasteiger partial charge in [-0.1, -0.05) is 23.5 Å². The van der Waals surface area contributed by atoms with E-state index in [1.54, 1.807) is 29.1 Å². The number of hydrazone groups is 1. The van der Waals surface area contributed by atoms with Crippen molar-refractivity contribution in [3.05, 3.63) is 64.0 Å². The van der Waals surface area contributed by atoms with Crippen LogP contribution in [0.15, 0.2) is 58.7 Å². The Hall–Kier alpha value is -2.80. The number of fused-ring (bicyclic) bond motifs is 1. The Bertz CT molecular complexity index is 944. The first-order valence-electron chi connectivity index (χ1n) is 7.47. The van der Waals surface area contributed by atoms with Gasteiger partial charge < -0.3 is 0 Å². The second-order valence-corrected chi connectivity index (χ2v) is 6.25. The molecule has 0 aliphatic rings. The minimum absolute atomic E-state index is 0.0184. The number of amides is 1. The van der Waals surface area contributed by atoms with Crippen LogP contribution in [0, 0.1) is 0 Å². The highest BCUT2D eigenvalue weighted by molar-refractivity contribution is 7.16. The van der Waals surface area contributed by atoms with Gasteiger partial charge in [-0.15, -0.1) is 0 Å². The number of aryl methyl sites for hydroxylation is 1. The van der Waals surface area contributed by atoms with Gasteiger partial charge in [0.1, 0.15) is 0 Å². The molecular weight excluding hydrogens is 324 g/mol. The second kappa shape index (κ2) is 7.18. The number of nitrogens with one attached hydrogen (secondary N) is 1. The van der Waals surface area contributed by atoms with Gasteiger partial charge in [0.2, 0.25) is 0 Å². The number of aromatic nitrogens is 2. The van der Waals surface area contributed by atoms with Crippen LogP contribution < -0.4 is 10.3 Å². The summed E-state index contributed by atoms with van der Waals surface area (Å²) in [5.74, 6) is -0.282. The van der Waals surface area contributed by atoms with Gasteiger partial charge in [0, 0.05) is 36.6 Å². The van der Waals surface area contributed by atoms with Gasteiger partial charge in [-0.2, -0.15) is 5.10 Å². The molecule has 7 heteroatoms. The first kappa shape index (κ1) is 16.1. The fourth-order valence-electron chi connectivity index (χ4n) is 2.27. The predicted octanol–water partition coefficient (Wildman–Crippen LogP) is 2.65. The molecule has 0 radical (unpaired) electrons. The van der Waals surface area contributed by atoms with Crippen molar-refractivity contribution in [1.29, 1.82) is 0 Å². The molecular formula is C17H16N4O2S. The summed E-state index contributed by atoms with van der Waals surface area (Å²) in [7, 11) is 0. The molecule has 0 spiro atoms. The van der Waals surface area contributed by atoms with E-state index in [0.717, 1.165) is 15.9 Å². The largest absolute Gasteiger partial charge is 0.308 e. The zero-order valence-electron chi connectivity index (χ0n) is 13.1. The summed E-state index contributed by atoms with van der Waals surface area (Å²) in [6.45, 7) is 2.36. The van der Waals surface area contributed by atoms with Crippen molar-refractivity contribution in [2.45, 2.75) is 19.9 Å². The number of thiazole rings is 1. The van der Waals surface area contributed by atoms with E-state index in [2.05, 4.69) is 15.5 Å². The first-order chi connectivity index (χ1) is 11.6. The third-order valence-corrected chi connectivity index (χ3v) is 4.52. The Kier molecular flexibility index (Phi) is 4.81. The van der Waals surface area contributed by atoms with Crippen molar-refractivity contribution in [1.82, 2.24) is 15.0 Å². The Morgan fingerprint density at radius 2 is 2.00 bits per heavy atom. The van der Waals surface area contributed by atoms with Crippen molar-refractivity contribution in [3.8, 4) is 0 Å². The van der Waals surface area contributed by atoms with Gasteiger partial charge in [0.15, 0.2) is 0 Å². The van der Waals surface area contributed by atoms with E-state index in [1.807, 2.05) is 31.2 Å². The van der Waals surface area contributed by atoms with Crippen LogP contribution in [0.4, 0.5) is 0 Å². The van der Waals surface area contributed by atoms with Crippen LogP contribution in [0.5, 0.6) is 0 Å². The van der Waals surface area contributed by atoms with Crippen molar-refractivity contribution >= 4 is 33.2 Å². The fraction of sp³-hybridized carbons (Fsp3) is 0.176. The molecule has 0 fully saturated rings. The van der Waals surface area contributed by atoms with Crippen LogP contribution in [0.1, 0.15) is 23.7 Å². The topological polar surface area (TPSA) is 76.3 Å². The van der Waals surface area contributed by atoms with E-state index in [-0.39, 0.29) is 10.8 Å². The number of benzene rings is 1. The average molecular weight is 340 g/mol. The Morgan fingerprint density at radius 3 is 2.79 bits per heavy atom. The number of para-hydroxylation sites is 1. The number of nitrogens with zero attached hydrogens (tertiary/aromatic N) is 3. The molecule has 1 aromatic carbocycles. The molecule has 2 aromatic heterocycles. The fourth-order valence-corrected chi connectivity index (χ4v) is 3.19. The number of hydrogen-bond acceptors (Lipinski definition) is 5. The van der Waals surface area contributed by atoms with Crippen LogP contribution in [0.25, 0.3) is 10.2 Å². The number of hydrogen-bond donors (Lipinski definition) is 1. The molecule has 3 aromatic rings. The molecule has 122 valence electrons. The van der Waals surface area contributed by atoms with E-state index in [9.17, 15) is 9.59 Å². The summed E-state index contributed by atoms with van der Waals surface area (Å²) in [5.41, 5.74) is 4.70. The van der Waals surface area contributed by atoms with Crippen LogP contribution in [-0.4, -0.2) is 21.2 Å². The number of carbonyl (C=O) groups is 1. The second-order valence-electron chi connectivity index (χ2n) is 5.26. The molecule has 0 aliphatic carbocycles. The Morgan fingerprint density at radius 1 is 1.25 bits per heavy atom. The summed E-state index contributed by atoms with van der Waals surface area (Å²) < 4.78 is 2.71. The van der Waals surface area contributed by atoms with E-state index in [1.165, 1.54) is 11.3 Å². The van der Waals surface area contributed by atoms with Crippen LogP contribution in [-0.2, 0) is 6.54 Å². The quantitative estimate of drug-likeness (QED) is 0.573. The Balaban J connectivity index is 1.64. The lowest BCUT2D eigenvalue weighted by Gasteiger charge is -2.05. The summed E-state index contributed by atoms with van der Waals surface area (Å²) in [4.78, 5) is 27.9. The van der Waals surface area contributed by atoms with Gasteiger partial charge >= 0.3 is 4.87 Å². The standard InChI is InChI=1S/C17H16N4O2S/c1-12(19-20-16(22)13-6-9-18-10-7-13)8-11-21-14-4-2-3-5-15(14)24-17(21)23/h2-7,9-10H,8,11H2,1H3,(H,20,22)/b19-12+. The Labute approximate surface area is 142 Å². The van der Waals surface area contributed by atoms with Crippen LogP contribution in [0.3, 0.4) is 0 Å². The van der Waals surface area contributed by atoms with Crippen LogP contribution >= 0.6 is 11.3 Å². The van der Waals surface area contributed by atoms with Crippen molar-refractivity contribution in [3.63, 3.8) is 0 Å². The van der Waals surface area contributed by atoms with Crippen molar-refractivity contribution < 1.29 is 4.79 Å². The van der Waals surface area contributed by atoms with Crippen molar-refractivity contribution in [2.24, 2.45) is 5.10 Å². The summed E-state index contributed by atoms with van der Waals surface area (Å²) in [6, 6.07) is 11.0.